The highest BCUT2D eigenvalue weighted by Gasteiger charge is 2.25. The monoisotopic (exact) mass is 283 g/mol. The Bertz CT molecular complexity index is 588. The van der Waals surface area contributed by atoms with Crippen LogP contribution >= 0.6 is 0 Å². The Labute approximate surface area is 112 Å². The smallest absolute Gasteiger partial charge is 0.242 e. The first kappa shape index (κ1) is 13.8. The summed E-state index contributed by atoms with van der Waals surface area (Å²) in [5.74, 6) is -0.0507. The van der Waals surface area contributed by atoms with Crippen LogP contribution < -0.4 is 15.8 Å². The van der Waals surface area contributed by atoms with Gasteiger partial charge in [0.15, 0.2) is 0 Å². The minimum Gasteiger partial charge on any atom is -0.398 e. The van der Waals surface area contributed by atoms with E-state index in [1.54, 1.807) is 12.1 Å². The summed E-state index contributed by atoms with van der Waals surface area (Å²) in [6, 6.07) is 4.53. The van der Waals surface area contributed by atoms with Crippen LogP contribution in [0.15, 0.2) is 23.1 Å². The molecule has 1 amide bonds. The molecule has 19 heavy (non-hydrogen) atoms. The van der Waals surface area contributed by atoms with Crippen LogP contribution in [0.5, 0.6) is 0 Å². The highest BCUT2D eigenvalue weighted by molar-refractivity contribution is 7.89. The van der Waals surface area contributed by atoms with Crippen LogP contribution in [0, 0.1) is 6.92 Å². The Morgan fingerprint density at radius 3 is 2.74 bits per heavy atom. The van der Waals surface area contributed by atoms with Crippen molar-refractivity contribution in [3.05, 3.63) is 23.8 Å². The lowest BCUT2D eigenvalue weighted by Crippen LogP contribution is -2.47. The van der Waals surface area contributed by atoms with E-state index < -0.39 is 10.0 Å². The van der Waals surface area contributed by atoms with Crippen LogP contribution in [0.2, 0.25) is 0 Å². The summed E-state index contributed by atoms with van der Waals surface area (Å²) >= 11 is 0. The first-order chi connectivity index (χ1) is 8.88. The van der Waals surface area contributed by atoms with Crippen LogP contribution in [0.3, 0.4) is 0 Å². The van der Waals surface area contributed by atoms with Crippen molar-refractivity contribution in [1.29, 1.82) is 0 Å². The molecule has 1 heterocycles. The zero-order chi connectivity index (χ0) is 14.0. The zero-order valence-corrected chi connectivity index (χ0v) is 11.5. The number of carbonyl (C=O) groups is 1. The zero-order valence-electron chi connectivity index (χ0n) is 10.6. The highest BCUT2D eigenvalue weighted by atomic mass is 32.2. The maximum absolute atomic E-state index is 12.2. The molecule has 1 atom stereocenters. The minimum absolute atomic E-state index is 0.0507. The summed E-state index contributed by atoms with van der Waals surface area (Å²) in [6.45, 7) is 2.15. The first-order valence-corrected chi connectivity index (χ1v) is 7.52. The third-order valence-corrected chi connectivity index (χ3v) is 4.64. The quantitative estimate of drug-likeness (QED) is 0.686. The van der Waals surface area contributed by atoms with E-state index in [-0.39, 0.29) is 22.5 Å². The number of amides is 1. The van der Waals surface area contributed by atoms with E-state index in [9.17, 15) is 13.2 Å². The van der Waals surface area contributed by atoms with Gasteiger partial charge in [-0.2, -0.15) is 0 Å². The van der Waals surface area contributed by atoms with E-state index in [0.717, 1.165) is 5.56 Å². The number of nitrogens with one attached hydrogen (secondary N) is 2. The van der Waals surface area contributed by atoms with Crippen molar-refractivity contribution in [2.75, 3.05) is 12.3 Å². The standard InChI is InChI=1S/C12H17N3O3S/c1-8-2-4-11(10(13)6-8)19(17,18)15-9-3-5-12(16)14-7-9/h2,4,6,9,15H,3,5,7,13H2,1H3,(H,14,16). The number of hydrogen-bond acceptors (Lipinski definition) is 4. The summed E-state index contributed by atoms with van der Waals surface area (Å²) in [7, 11) is -3.65. The molecule has 1 unspecified atom stereocenters. The number of aryl methyl sites for hydroxylation is 1. The molecule has 1 saturated heterocycles. The molecule has 1 aromatic rings. The predicted molar refractivity (Wildman–Crippen MR) is 71.9 cm³/mol. The molecule has 104 valence electrons. The minimum atomic E-state index is -3.65. The molecule has 0 aromatic heterocycles. The summed E-state index contributed by atoms with van der Waals surface area (Å²) in [4.78, 5) is 11.1. The molecule has 1 aliphatic heterocycles. The van der Waals surface area contributed by atoms with Crippen molar-refractivity contribution in [1.82, 2.24) is 10.0 Å². The van der Waals surface area contributed by atoms with Gasteiger partial charge >= 0.3 is 0 Å². The van der Waals surface area contributed by atoms with Crippen molar-refractivity contribution >= 4 is 21.6 Å². The summed E-state index contributed by atoms with van der Waals surface area (Å²) in [6.07, 6.45) is 0.827. The SMILES string of the molecule is Cc1ccc(S(=O)(=O)NC2CCC(=O)NC2)c(N)c1. The van der Waals surface area contributed by atoms with Gasteiger partial charge in [-0.1, -0.05) is 6.07 Å². The van der Waals surface area contributed by atoms with Crippen molar-refractivity contribution < 1.29 is 13.2 Å². The van der Waals surface area contributed by atoms with E-state index >= 15 is 0 Å². The van der Waals surface area contributed by atoms with Crippen LogP contribution in [-0.2, 0) is 14.8 Å². The van der Waals surface area contributed by atoms with Gasteiger partial charge in [0.1, 0.15) is 4.90 Å². The Morgan fingerprint density at radius 2 is 2.16 bits per heavy atom. The molecule has 0 spiro atoms. The number of hydrogen-bond donors (Lipinski definition) is 3. The fraction of sp³-hybridized carbons (Fsp3) is 0.417. The second-order valence-electron chi connectivity index (χ2n) is 4.70. The third kappa shape index (κ3) is 3.24. The fourth-order valence-corrected chi connectivity index (χ4v) is 3.41. The van der Waals surface area contributed by atoms with Gasteiger partial charge in [0, 0.05) is 19.0 Å². The molecule has 1 fully saturated rings. The van der Waals surface area contributed by atoms with Crippen LogP contribution in [0.1, 0.15) is 18.4 Å². The van der Waals surface area contributed by atoms with E-state index in [2.05, 4.69) is 10.0 Å². The number of benzene rings is 1. The van der Waals surface area contributed by atoms with Crippen LogP contribution in [0.25, 0.3) is 0 Å². The van der Waals surface area contributed by atoms with Gasteiger partial charge < -0.3 is 11.1 Å². The number of nitrogen functional groups attached to an aromatic ring is 1. The van der Waals surface area contributed by atoms with Gasteiger partial charge in [0.25, 0.3) is 0 Å². The maximum atomic E-state index is 12.2. The van der Waals surface area contributed by atoms with Gasteiger partial charge in [-0.25, -0.2) is 13.1 Å². The number of nitrogens with two attached hydrogens (primary N) is 1. The van der Waals surface area contributed by atoms with E-state index in [1.165, 1.54) is 6.07 Å². The normalized spacial score (nSPS) is 20.1. The van der Waals surface area contributed by atoms with Crippen molar-refractivity contribution in [3.8, 4) is 0 Å². The van der Waals surface area contributed by atoms with Crippen LogP contribution in [0.4, 0.5) is 5.69 Å². The number of carbonyl (C=O) groups excluding carboxylic acids is 1. The van der Waals surface area contributed by atoms with Gasteiger partial charge in [-0.05, 0) is 31.0 Å². The molecule has 4 N–H and O–H groups in total. The topological polar surface area (TPSA) is 101 Å². The molecule has 0 saturated carbocycles. The van der Waals surface area contributed by atoms with Gasteiger partial charge in [-0.3, -0.25) is 4.79 Å². The average molecular weight is 283 g/mol. The molecule has 0 aliphatic carbocycles. The lowest BCUT2D eigenvalue weighted by atomic mass is 10.1. The van der Waals surface area contributed by atoms with Crippen LogP contribution in [-0.4, -0.2) is 26.9 Å². The second kappa shape index (κ2) is 5.18. The Balaban J connectivity index is 2.16. The van der Waals surface area contributed by atoms with Crippen molar-refractivity contribution in [2.24, 2.45) is 0 Å². The number of anilines is 1. The lowest BCUT2D eigenvalue weighted by molar-refractivity contribution is -0.122. The molecular weight excluding hydrogens is 266 g/mol. The average Bonchev–Trinajstić information content (AvgIpc) is 2.31. The highest BCUT2D eigenvalue weighted by Crippen LogP contribution is 2.20. The summed E-state index contributed by atoms with van der Waals surface area (Å²) in [5, 5.41) is 2.63. The fourth-order valence-electron chi connectivity index (χ4n) is 2.03. The maximum Gasteiger partial charge on any atom is 0.242 e. The van der Waals surface area contributed by atoms with E-state index in [1.807, 2.05) is 6.92 Å². The number of piperidine rings is 1. The van der Waals surface area contributed by atoms with Crippen molar-refractivity contribution in [2.45, 2.75) is 30.7 Å². The predicted octanol–water partition coefficient (Wildman–Crippen LogP) is 0.134. The molecule has 1 aliphatic rings. The Morgan fingerprint density at radius 1 is 1.42 bits per heavy atom. The van der Waals surface area contributed by atoms with Gasteiger partial charge in [-0.15, -0.1) is 0 Å². The first-order valence-electron chi connectivity index (χ1n) is 6.03. The lowest BCUT2D eigenvalue weighted by Gasteiger charge is -2.23. The second-order valence-corrected chi connectivity index (χ2v) is 6.38. The molecule has 0 bridgehead atoms. The van der Waals surface area contributed by atoms with Gasteiger partial charge in [0.2, 0.25) is 15.9 Å². The molecule has 2 rings (SSSR count). The molecule has 6 nitrogen and oxygen atoms in total. The number of rotatable bonds is 3. The largest absolute Gasteiger partial charge is 0.398 e. The Hall–Kier alpha value is -1.60. The Kier molecular flexibility index (Phi) is 3.77. The number of sulfonamides is 1. The summed E-state index contributed by atoms with van der Waals surface area (Å²) in [5.41, 5.74) is 6.88. The molecule has 0 radical (unpaired) electrons. The molecule has 1 aromatic carbocycles. The molecule has 7 heteroatoms. The van der Waals surface area contributed by atoms with Gasteiger partial charge in [0.05, 0.1) is 5.69 Å². The van der Waals surface area contributed by atoms with E-state index in [4.69, 9.17) is 5.73 Å². The van der Waals surface area contributed by atoms with E-state index in [0.29, 0.717) is 19.4 Å². The third-order valence-electron chi connectivity index (χ3n) is 3.04. The summed E-state index contributed by atoms with van der Waals surface area (Å²) < 4.78 is 27.0. The van der Waals surface area contributed by atoms with Crippen molar-refractivity contribution in [3.63, 3.8) is 0 Å². The molecular formula is C12H17N3O3S.